The average molecular weight is 331 g/mol. The molecule has 1 atom stereocenters. The Morgan fingerprint density at radius 2 is 2.19 bits per heavy atom. The summed E-state index contributed by atoms with van der Waals surface area (Å²) in [5, 5.41) is 1.80. The van der Waals surface area contributed by atoms with Gasteiger partial charge in [0.1, 0.15) is 4.21 Å². The Morgan fingerprint density at radius 3 is 2.81 bits per heavy atom. The van der Waals surface area contributed by atoms with Crippen molar-refractivity contribution < 1.29 is 17.9 Å². The number of hydrogen-bond donors (Lipinski definition) is 0. The average Bonchev–Trinajstić information content (AvgIpc) is 3.03. The highest BCUT2D eigenvalue weighted by molar-refractivity contribution is 7.91. The third kappa shape index (κ3) is 2.77. The van der Waals surface area contributed by atoms with Crippen LogP contribution in [-0.2, 0) is 19.5 Å². The molecule has 1 aromatic rings. The van der Waals surface area contributed by atoms with Crippen LogP contribution in [-0.4, -0.2) is 51.2 Å². The van der Waals surface area contributed by atoms with Crippen molar-refractivity contribution in [1.29, 1.82) is 0 Å². The first-order valence-corrected chi connectivity index (χ1v) is 9.61. The third-order valence-electron chi connectivity index (χ3n) is 4.53. The topological polar surface area (TPSA) is 55.8 Å². The van der Waals surface area contributed by atoms with Crippen LogP contribution < -0.4 is 0 Å². The van der Waals surface area contributed by atoms with Crippen molar-refractivity contribution in [3.8, 4) is 0 Å². The van der Waals surface area contributed by atoms with Crippen LogP contribution in [0.5, 0.6) is 0 Å². The van der Waals surface area contributed by atoms with Crippen molar-refractivity contribution in [1.82, 2.24) is 4.31 Å². The molecule has 118 valence electrons. The molecule has 2 saturated heterocycles. The van der Waals surface area contributed by atoms with Crippen molar-refractivity contribution in [2.45, 2.75) is 41.6 Å². The Bertz CT molecular complexity index is 562. The van der Waals surface area contributed by atoms with Gasteiger partial charge in [-0.05, 0) is 37.1 Å². The van der Waals surface area contributed by atoms with Crippen LogP contribution in [0.1, 0.15) is 25.7 Å². The van der Waals surface area contributed by atoms with Crippen molar-refractivity contribution in [3.05, 3.63) is 17.5 Å². The number of ether oxygens (including phenoxy) is 2. The van der Waals surface area contributed by atoms with Crippen molar-refractivity contribution in [3.63, 3.8) is 0 Å². The summed E-state index contributed by atoms with van der Waals surface area (Å²) in [6.07, 6.45) is 3.50. The highest BCUT2D eigenvalue weighted by atomic mass is 32.2. The van der Waals surface area contributed by atoms with Crippen molar-refractivity contribution in [2.24, 2.45) is 0 Å². The molecule has 2 aliphatic heterocycles. The van der Waals surface area contributed by atoms with E-state index in [2.05, 4.69) is 0 Å². The number of sulfonamides is 1. The van der Waals surface area contributed by atoms with Crippen LogP contribution in [0.25, 0.3) is 0 Å². The van der Waals surface area contributed by atoms with E-state index in [-0.39, 0.29) is 11.7 Å². The zero-order chi connectivity index (χ0) is 14.9. The molecular weight excluding hydrogens is 310 g/mol. The molecule has 0 radical (unpaired) electrons. The highest BCUT2D eigenvalue weighted by Gasteiger charge is 2.46. The lowest BCUT2D eigenvalue weighted by atomic mass is 9.82. The minimum atomic E-state index is -3.34. The molecule has 1 aromatic heterocycles. The van der Waals surface area contributed by atoms with Gasteiger partial charge in [0.25, 0.3) is 10.0 Å². The molecule has 0 bridgehead atoms. The first-order chi connectivity index (χ1) is 10.1. The van der Waals surface area contributed by atoms with E-state index in [0.717, 1.165) is 19.4 Å². The molecule has 5 nitrogen and oxygen atoms in total. The normalized spacial score (nSPS) is 27.0. The second-order valence-electron chi connectivity index (χ2n) is 5.62. The van der Waals surface area contributed by atoms with Crippen LogP contribution in [0, 0.1) is 0 Å². The summed E-state index contributed by atoms with van der Waals surface area (Å²) >= 11 is 1.27. The number of piperidine rings is 1. The molecule has 0 aromatic carbocycles. The molecule has 0 aliphatic carbocycles. The van der Waals surface area contributed by atoms with E-state index in [1.807, 2.05) is 0 Å². The molecule has 21 heavy (non-hydrogen) atoms. The number of thiophene rings is 1. The van der Waals surface area contributed by atoms with Crippen molar-refractivity contribution >= 4 is 21.4 Å². The van der Waals surface area contributed by atoms with E-state index in [9.17, 15) is 8.42 Å². The number of rotatable bonds is 3. The predicted molar refractivity (Wildman–Crippen MR) is 81.0 cm³/mol. The summed E-state index contributed by atoms with van der Waals surface area (Å²) < 4.78 is 38.7. The van der Waals surface area contributed by atoms with Gasteiger partial charge >= 0.3 is 0 Å². The first-order valence-electron chi connectivity index (χ1n) is 7.29. The van der Waals surface area contributed by atoms with Gasteiger partial charge in [0.2, 0.25) is 0 Å². The van der Waals surface area contributed by atoms with E-state index in [1.165, 1.54) is 11.3 Å². The summed E-state index contributed by atoms with van der Waals surface area (Å²) in [4.78, 5) is 0. The van der Waals surface area contributed by atoms with E-state index in [1.54, 1.807) is 28.9 Å². The lowest BCUT2D eigenvalue weighted by Crippen LogP contribution is -2.56. The standard InChI is InChI=1S/C14H21NO4S2/c1-18-12-4-2-10-19-14(12)6-8-15(9-7-14)21(16,17)13-5-3-11-20-13/h3,5,11-12H,2,4,6-10H2,1H3. The summed E-state index contributed by atoms with van der Waals surface area (Å²) in [5.41, 5.74) is -0.297. The van der Waals surface area contributed by atoms with Crippen LogP contribution in [0.15, 0.2) is 21.7 Å². The van der Waals surface area contributed by atoms with Gasteiger partial charge in [0.05, 0.1) is 11.7 Å². The van der Waals surface area contributed by atoms with E-state index >= 15 is 0 Å². The Morgan fingerprint density at radius 1 is 1.43 bits per heavy atom. The minimum Gasteiger partial charge on any atom is -0.378 e. The Hall–Kier alpha value is -0.470. The van der Waals surface area contributed by atoms with Crippen LogP contribution in [0.3, 0.4) is 0 Å². The molecule has 7 heteroatoms. The van der Waals surface area contributed by atoms with Gasteiger partial charge in [-0.3, -0.25) is 0 Å². The third-order valence-corrected chi connectivity index (χ3v) is 7.80. The maximum atomic E-state index is 12.5. The molecule has 3 rings (SSSR count). The number of nitrogens with zero attached hydrogens (tertiary/aromatic N) is 1. The maximum absolute atomic E-state index is 12.5. The number of hydrogen-bond acceptors (Lipinski definition) is 5. The van der Waals surface area contributed by atoms with Crippen LogP contribution in [0.2, 0.25) is 0 Å². The van der Waals surface area contributed by atoms with E-state index in [0.29, 0.717) is 30.1 Å². The van der Waals surface area contributed by atoms with Crippen LogP contribution in [0.4, 0.5) is 0 Å². The number of methoxy groups -OCH3 is 1. The van der Waals surface area contributed by atoms with Gasteiger partial charge in [-0.15, -0.1) is 11.3 Å². The molecule has 1 spiro atoms. The Balaban J connectivity index is 1.73. The Labute approximate surface area is 129 Å². The summed E-state index contributed by atoms with van der Waals surface area (Å²) in [6, 6.07) is 3.44. The molecular formula is C14H21NO4S2. The molecule has 2 fully saturated rings. The summed E-state index contributed by atoms with van der Waals surface area (Å²) in [5.74, 6) is 0. The van der Waals surface area contributed by atoms with Crippen LogP contribution >= 0.6 is 11.3 Å². The highest BCUT2D eigenvalue weighted by Crippen LogP contribution is 2.38. The fraction of sp³-hybridized carbons (Fsp3) is 0.714. The van der Waals surface area contributed by atoms with Gasteiger partial charge in [-0.1, -0.05) is 6.07 Å². The van der Waals surface area contributed by atoms with Gasteiger partial charge in [0, 0.05) is 26.8 Å². The second kappa shape index (κ2) is 5.96. The SMILES string of the molecule is COC1CCCOC12CCN(S(=O)(=O)c1cccs1)CC2. The van der Waals surface area contributed by atoms with E-state index in [4.69, 9.17) is 9.47 Å². The fourth-order valence-electron chi connectivity index (χ4n) is 3.34. The molecule has 3 heterocycles. The largest absolute Gasteiger partial charge is 0.378 e. The van der Waals surface area contributed by atoms with Gasteiger partial charge in [-0.2, -0.15) is 4.31 Å². The first kappa shape index (κ1) is 15.4. The quantitative estimate of drug-likeness (QED) is 0.851. The zero-order valence-electron chi connectivity index (χ0n) is 12.2. The predicted octanol–water partition coefficient (Wildman–Crippen LogP) is 2.10. The second-order valence-corrected chi connectivity index (χ2v) is 8.73. The van der Waals surface area contributed by atoms with E-state index < -0.39 is 10.0 Å². The molecule has 1 unspecified atom stereocenters. The fourth-order valence-corrected chi connectivity index (χ4v) is 5.93. The van der Waals surface area contributed by atoms with Gasteiger partial charge in [-0.25, -0.2) is 8.42 Å². The lowest BCUT2D eigenvalue weighted by Gasteiger charge is -2.47. The lowest BCUT2D eigenvalue weighted by molar-refractivity contribution is -0.182. The molecule has 0 saturated carbocycles. The summed E-state index contributed by atoms with van der Waals surface area (Å²) in [7, 11) is -1.62. The molecule has 2 aliphatic rings. The summed E-state index contributed by atoms with van der Waals surface area (Å²) in [6.45, 7) is 1.75. The monoisotopic (exact) mass is 331 g/mol. The Kier molecular flexibility index (Phi) is 4.38. The maximum Gasteiger partial charge on any atom is 0.252 e. The molecule has 0 amide bonds. The van der Waals surface area contributed by atoms with Gasteiger partial charge in [0.15, 0.2) is 0 Å². The van der Waals surface area contributed by atoms with Crippen molar-refractivity contribution in [2.75, 3.05) is 26.8 Å². The minimum absolute atomic E-state index is 0.0813. The smallest absolute Gasteiger partial charge is 0.252 e. The zero-order valence-corrected chi connectivity index (χ0v) is 13.8. The molecule has 0 N–H and O–H groups in total. The van der Waals surface area contributed by atoms with Gasteiger partial charge < -0.3 is 9.47 Å².